The molecule has 0 radical (unpaired) electrons. The second kappa shape index (κ2) is 12.8. The van der Waals surface area contributed by atoms with Crippen molar-refractivity contribution in [2.75, 3.05) is 0 Å². The molecule has 3 rings (SSSR count). The van der Waals surface area contributed by atoms with E-state index in [0.717, 1.165) is 31.2 Å². The summed E-state index contributed by atoms with van der Waals surface area (Å²) in [5, 5.41) is 0. The molecule has 2 aromatic rings. The minimum atomic E-state index is -2.83. The van der Waals surface area contributed by atoms with Crippen LogP contribution in [0, 0.1) is 5.82 Å². The van der Waals surface area contributed by atoms with Crippen molar-refractivity contribution in [1.82, 2.24) is 0 Å². The van der Waals surface area contributed by atoms with Crippen LogP contribution in [-0.2, 0) is 11.3 Å². The highest BCUT2D eigenvalue weighted by Gasteiger charge is 2.34. The molecule has 34 heavy (non-hydrogen) atoms. The second-order valence-corrected chi connectivity index (χ2v) is 10.4. The number of hydrogen-bond acceptors (Lipinski definition) is 0. The zero-order valence-electron chi connectivity index (χ0n) is 21.3. The largest absolute Gasteiger partial charge is 0.273 e. The maximum absolute atomic E-state index is 15.3. The van der Waals surface area contributed by atoms with Gasteiger partial charge in [-0.3, -0.25) is 0 Å². The number of rotatable bonds is 13. The molecule has 3 heteroatoms. The Morgan fingerprint density at radius 3 is 2.06 bits per heavy atom. The fourth-order valence-electron chi connectivity index (χ4n) is 5.67. The van der Waals surface area contributed by atoms with Gasteiger partial charge in [-0.15, -0.1) is 0 Å². The summed E-state index contributed by atoms with van der Waals surface area (Å²) in [6, 6.07) is 11.9. The Balaban J connectivity index is 1.74. The number of hydrogen-bond donors (Lipinski definition) is 0. The molecule has 0 unspecified atom stereocenters. The maximum atomic E-state index is 15.3. The maximum Gasteiger partial charge on any atom is 0.273 e. The van der Waals surface area contributed by atoms with Crippen molar-refractivity contribution in [2.45, 2.75) is 121 Å². The average Bonchev–Trinajstić information content (AvgIpc) is 2.85. The van der Waals surface area contributed by atoms with Gasteiger partial charge in [0.1, 0.15) is 5.82 Å². The van der Waals surface area contributed by atoms with Gasteiger partial charge in [0.15, 0.2) is 0 Å². The minimum absolute atomic E-state index is 0.0156. The van der Waals surface area contributed by atoms with Gasteiger partial charge in [-0.05, 0) is 48.3 Å². The van der Waals surface area contributed by atoms with Gasteiger partial charge in [-0.2, -0.15) is 0 Å². The molecule has 0 heterocycles. The van der Waals surface area contributed by atoms with Gasteiger partial charge in [0.2, 0.25) is 0 Å². The third-order valence-electron chi connectivity index (χ3n) is 7.86. The Bertz CT molecular complexity index is 863. The highest BCUT2D eigenvalue weighted by atomic mass is 19.3. The van der Waals surface area contributed by atoms with Crippen LogP contribution in [0.5, 0.6) is 0 Å². The van der Waals surface area contributed by atoms with E-state index < -0.39 is 5.92 Å². The first-order valence-corrected chi connectivity index (χ1v) is 13.7. The molecular formula is C31H43F3. The zero-order chi connectivity index (χ0) is 24.4. The summed E-state index contributed by atoms with van der Waals surface area (Å²) in [4.78, 5) is 0. The lowest BCUT2D eigenvalue weighted by Crippen LogP contribution is -2.29. The van der Waals surface area contributed by atoms with Crippen LogP contribution in [0.15, 0.2) is 42.5 Å². The zero-order valence-corrected chi connectivity index (χ0v) is 21.3. The lowest BCUT2D eigenvalue weighted by Gasteiger charge is -2.38. The first-order valence-electron chi connectivity index (χ1n) is 13.7. The van der Waals surface area contributed by atoms with Crippen LogP contribution < -0.4 is 0 Å². The highest BCUT2D eigenvalue weighted by Crippen LogP contribution is 2.44. The summed E-state index contributed by atoms with van der Waals surface area (Å²) in [5.74, 6) is -3.07. The summed E-state index contributed by atoms with van der Waals surface area (Å²) >= 11 is 0. The average molecular weight is 473 g/mol. The Kier molecular flexibility index (Phi) is 10.1. The molecule has 0 saturated heterocycles. The van der Waals surface area contributed by atoms with Gasteiger partial charge >= 0.3 is 0 Å². The minimum Gasteiger partial charge on any atom is -0.206 e. The number of unbranched alkanes of at least 4 members (excludes halogenated alkanes) is 6. The molecule has 0 atom stereocenters. The molecule has 1 aliphatic carbocycles. The van der Waals surface area contributed by atoms with E-state index in [0.29, 0.717) is 17.5 Å². The van der Waals surface area contributed by atoms with Crippen molar-refractivity contribution in [3.63, 3.8) is 0 Å². The molecular weight excluding hydrogens is 429 g/mol. The number of alkyl halides is 2. The monoisotopic (exact) mass is 472 g/mol. The molecule has 0 aromatic heterocycles. The molecule has 0 N–H and O–H groups in total. The van der Waals surface area contributed by atoms with Crippen LogP contribution in [0.3, 0.4) is 0 Å². The first-order chi connectivity index (χ1) is 16.4. The van der Waals surface area contributed by atoms with Gasteiger partial charge in [0, 0.05) is 17.5 Å². The fraction of sp³-hybridized carbons (Fsp3) is 0.613. The van der Waals surface area contributed by atoms with E-state index >= 15 is 4.39 Å². The molecule has 1 saturated carbocycles. The van der Waals surface area contributed by atoms with Crippen molar-refractivity contribution in [1.29, 1.82) is 0 Å². The molecule has 188 valence electrons. The van der Waals surface area contributed by atoms with Gasteiger partial charge in [0.25, 0.3) is 5.92 Å². The molecule has 0 amide bonds. The second-order valence-electron chi connectivity index (χ2n) is 10.4. The lowest BCUT2D eigenvalue weighted by molar-refractivity contribution is -0.0154. The van der Waals surface area contributed by atoms with Crippen molar-refractivity contribution < 1.29 is 13.2 Å². The van der Waals surface area contributed by atoms with Gasteiger partial charge in [0.05, 0.1) is 0 Å². The lowest BCUT2D eigenvalue weighted by atomic mass is 9.66. The van der Waals surface area contributed by atoms with Crippen LogP contribution in [0.1, 0.15) is 121 Å². The normalized spacial score (nSPS) is 16.0. The SMILES string of the molecule is CCCCCCCCC1(c2ccc(-c3ccc(C(F)(F)CCCC)cc3)c(F)c2)CCCCC1. The summed E-state index contributed by atoms with van der Waals surface area (Å²) < 4.78 is 44.1. The van der Waals surface area contributed by atoms with E-state index in [1.807, 2.05) is 13.0 Å². The van der Waals surface area contributed by atoms with E-state index in [4.69, 9.17) is 0 Å². The smallest absolute Gasteiger partial charge is 0.206 e. The molecule has 1 aliphatic rings. The van der Waals surface area contributed by atoms with Gasteiger partial charge in [-0.1, -0.05) is 114 Å². The molecule has 0 nitrogen and oxygen atoms in total. The topological polar surface area (TPSA) is 0 Å². The third kappa shape index (κ3) is 6.89. The summed E-state index contributed by atoms with van der Waals surface area (Å²) in [6.07, 6.45) is 15.9. The van der Waals surface area contributed by atoms with Crippen LogP contribution in [0.25, 0.3) is 11.1 Å². The molecule has 0 bridgehead atoms. The van der Waals surface area contributed by atoms with Crippen molar-refractivity contribution >= 4 is 0 Å². The molecule has 0 aliphatic heterocycles. The van der Waals surface area contributed by atoms with Gasteiger partial charge in [-0.25, -0.2) is 13.2 Å². The van der Waals surface area contributed by atoms with Crippen LogP contribution in [0.4, 0.5) is 13.2 Å². The summed E-state index contributed by atoms with van der Waals surface area (Å²) in [5.41, 5.74) is 2.39. The first kappa shape index (κ1) is 26.8. The van der Waals surface area contributed by atoms with E-state index in [1.54, 1.807) is 18.2 Å². The third-order valence-corrected chi connectivity index (χ3v) is 7.86. The van der Waals surface area contributed by atoms with Crippen molar-refractivity contribution in [3.05, 3.63) is 59.4 Å². The predicted octanol–water partition coefficient (Wildman–Crippen LogP) is 10.7. The van der Waals surface area contributed by atoms with Crippen molar-refractivity contribution in [3.8, 4) is 11.1 Å². The highest BCUT2D eigenvalue weighted by molar-refractivity contribution is 5.65. The van der Waals surface area contributed by atoms with Crippen LogP contribution in [-0.4, -0.2) is 0 Å². The Hall–Kier alpha value is -1.77. The van der Waals surface area contributed by atoms with Crippen LogP contribution >= 0.6 is 0 Å². The molecule has 0 spiro atoms. The Labute approximate surface area is 205 Å². The van der Waals surface area contributed by atoms with E-state index in [-0.39, 0.29) is 23.2 Å². The van der Waals surface area contributed by atoms with E-state index in [1.165, 1.54) is 69.9 Å². The number of halogens is 3. The van der Waals surface area contributed by atoms with Crippen LogP contribution in [0.2, 0.25) is 0 Å². The van der Waals surface area contributed by atoms with E-state index in [2.05, 4.69) is 13.0 Å². The van der Waals surface area contributed by atoms with Crippen molar-refractivity contribution in [2.24, 2.45) is 0 Å². The Morgan fingerprint density at radius 1 is 0.765 bits per heavy atom. The molecule has 1 fully saturated rings. The Morgan fingerprint density at radius 2 is 1.41 bits per heavy atom. The fourth-order valence-corrected chi connectivity index (χ4v) is 5.67. The predicted molar refractivity (Wildman–Crippen MR) is 138 cm³/mol. The molecule has 2 aromatic carbocycles. The summed E-state index contributed by atoms with van der Waals surface area (Å²) in [6.45, 7) is 4.16. The quantitative estimate of drug-likeness (QED) is 0.254. The van der Waals surface area contributed by atoms with E-state index in [9.17, 15) is 8.78 Å². The number of benzene rings is 2. The van der Waals surface area contributed by atoms with Gasteiger partial charge < -0.3 is 0 Å². The standard InChI is InChI=1S/C31H43F3/c1-3-5-7-8-9-11-20-30(21-12-10-13-22-30)27-18-19-28(29(32)24-27)25-14-16-26(17-15-25)31(33,34)23-6-4-2/h14-19,24H,3-13,20-23H2,1-2H3. The summed E-state index contributed by atoms with van der Waals surface area (Å²) in [7, 11) is 0.